The maximum atomic E-state index is 13.1. The summed E-state index contributed by atoms with van der Waals surface area (Å²) in [4.78, 5) is 27.3. The van der Waals surface area contributed by atoms with Crippen LogP contribution in [0.4, 0.5) is 5.69 Å². The summed E-state index contributed by atoms with van der Waals surface area (Å²) >= 11 is 0. The average molecular weight is 411 g/mol. The Morgan fingerprint density at radius 2 is 1.77 bits per heavy atom. The summed E-state index contributed by atoms with van der Waals surface area (Å²) in [6.07, 6.45) is 0.398. The Kier molecular flexibility index (Phi) is 6.34. The van der Waals surface area contributed by atoms with Gasteiger partial charge in [0.2, 0.25) is 5.91 Å². The van der Waals surface area contributed by atoms with Crippen molar-refractivity contribution in [3.63, 3.8) is 0 Å². The first kappa shape index (κ1) is 21.7. The highest BCUT2D eigenvalue weighted by molar-refractivity contribution is 5.99. The number of fused-ring (bicyclic) bond motifs is 1. The fraction of sp³-hybridized carbons (Fsp3) is 0.417. The van der Waals surface area contributed by atoms with E-state index in [0.717, 1.165) is 22.6 Å². The second-order valence-corrected chi connectivity index (χ2v) is 8.42. The first-order valence-electron chi connectivity index (χ1n) is 10.0. The molecular formula is C24H29NO5. The van der Waals surface area contributed by atoms with Gasteiger partial charge in [-0.3, -0.25) is 9.59 Å². The van der Waals surface area contributed by atoms with Crippen molar-refractivity contribution in [2.45, 2.75) is 51.7 Å². The van der Waals surface area contributed by atoms with Crippen LogP contribution in [0.1, 0.15) is 50.7 Å². The van der Waals surface area contributed by atoms with Crippen molar-refractivity contribution in [1.29, 1.82) is 0 Å². The number of hydrogen-bond donors (Lipinski definition) is 0. The van der Waals surface area contributed by atoms with E-state index in [2.05, 4.69) is 0 Å². The van der Waals surface area contributed by atoms with E-state index in [1.54, 1.807) is 19.1 Å². The SMILES string of the molecule is COc1ccc(CN2C(=O)C[C@@H](CC(=O)OC(C)(C)C)c3cccc(OC)c32)cc1. The van der Waals surface area contributed by atoms with Crippen molar-refractivity contribution < 1.29 is 23.8 Å². The summed E-state index contributed by atoms with van der Waals surface area (Å²) in [5.74, 6) is 0.779. The molecule has 2 aromatic rings. The molecule has 0 saturated carbocycles. The number of carbonyl (C=O) groups excluding carboxylic acids is 2. The van der Waals surface area contributed by atoms with E-state index in [9.17, 15) is 9.59 Å². The van der Waals surface area contributed by atoms with Crippen LogP contribution in [0.15, 0.2) is 42.5 Å². The van der Waals surface area contributed by atoms with Crippen LogP contribution >= 0.6 is 0 Å². The highest BCUT2D eigenvalue weighted by Gasteiger charge is 2.35. The number of nitrogens with zero attached hydrogens (tertiary/aromatic N) is 1. The molecule has 1 aliphatic heterocycles. The molecule has 160 valence electrons. The molecule has 6 nitrogen and oxygen atoms in total. The Morgan fingerprint density at radius 1 is 1.07 bits per heavy atom. The van der Waals surface area contributed by atoms with Gasteiger partial charge >= 0.3 is 5.97 Å². The number of ether oxygens (including phenoxy) is 3. The molecule has 1 amide bonds. The van der Waals surface area contributed by atoms with Gasteiger partial charge in [-0.2, -0.15) is 0 Å². The third-order valence-electron chi connectivity index (χ3n) is 5.01. The Balaban J connectivity index is 1.92. The number of benzene rings is 2. The molecular weight excluding hydrogens is 382 g/mol. The van der Waals surface area contributed by atoms with Gasteiger partial charge in [0.15, 0.2) is 0 Å². The smallest absolute Gasteiger partial charge is 0.306 e. The fourth-order valence-electron chi connectivity index (χ4n) is 3.73. The van der Waals surface area contributed by atoms with Crippen molar-refractivity contribution >= 4 is 17.6 Å². The van der Waals surface area contributed by atoms with Gasteiger partial charge in [0.1, 0.15) is 17.1 Å². The minimum atomic E-state index is -0.562. The number of hydrogen-bond acceptors (Lipinski definition) is 5. The van der Waals surface area contributed by atoms with Crippen LogP contribution in [0.2, 0.25) is 0 Å². The van der Waals surface area contributed by atoms with Gasteiger partial charge in [-0.1, -0.05) is 24.3 Å². The summed E-state index contributed by atoms with van der Waals surface area (Å²) in [5, 5.41) is 0. The van der Waals surface area contributed by atoms with Crippen LogP contribution in [0.3, 0.4) is 0 Å². The van der Waals surface area contributed by atoms with E-state index < -0.39 is 5.60 Å². The molecule has 0 radical (unpaired) electrons. The first-order valence-corrected chi connectivity index (χ1v) is 10.0. The molecule has 1 atom stereocenters. The summed E-state index contributed by atoms with van der Waals surface area (Å²) < 4.78 is 16.3. The molecule has 3 rings (SSSR count). The molecule has 0 fully saturated rings. The topological polar surface area (TPSA) is 65.1 Å². The number of carbonyl (C=O) groups is 2. The lowest BCUT2D eigenvalue weighted by Gasteiger charge is -2.35. The van der Waals surface area contributed by atoms with E-state index in [1.165, 1.54) is 0 Å². The minimum absolute atomic E-state index is 0.0450. The number of para-hydroxylation sites is 1. The Bertz CT molecular complexity index is 914. The normalized spacial score (nSPS) is 16.1. The van der Waals surface area contributed by atoms with Gasteiger partial charge in [0, 0.05) is 12.3 Å². The van der Waals surface area contributed by atoms with Crippen LogP contribution in [-0.4, -0.2) is 31.7 Å². The Labute approximate surface area is 177 Å². The lowest BCUT2D eigenvalue weighted by atomic mass is 9.86. The molecule has 0 N–H and O–H groups in total. The molecule has 1 aliphatic rings. The molecule has 0 saturated heterocycles. The van der Waals surface area contributed by atoms with Crippen LogP contribution in [0.5, 0.6) is 11.5 Å². The second-order valence-electron chi connectivity index (χ2n) is 8.42. The zero-order chi connectivity index (χ0) is 21.9. The monoisotopic (exact) mass is 411 g/mol. The van der Waals surface area contributed by atoms with Gasteiger partial charge < -0.3 is 19.1 Å². The predicted octanol–water partition coefficient (Wildman–Crippen LogP) is 4.46. The largest absolute Gasteiger partial charge is 0.497 e. The van der Waals surface area contributed by atoms with Crippen LogP contribution in [-0.2, 0) is 20.9 Å². The van der Waals surface area contributed by atoms with Crippen molar-refractivity contribution in [2.24, 2.45) is 0 Å². The molecule has 0 unspecified atom stereocenters. The molecule has 0 aliphatic carbocycles. The van der Waals surface area contributed by atoms with Crippen molar-refractivity contribution in [3.05, 3.63) is 53.6 Å². The summed E-state index contributed by atoms with van der Waals surface area (Å²) in [5.41, 5.74) is 2.06. The van der Waals surface area contributed by atoms with Crippen molar-refractivity contribution in [1.82, 2.24) is 0 Å². The van der Waals surface area contributed by atoms with E-state index >= 15 is 0 Å². The quantitative estimate of drug-likeness (QED) is 0.657. The maximum absolute atomic E-state index is 13.1. The minimum Gasteiger partial charge on any atom is -0.497 e. The Morgan fingerprint density at radius 3 is 2.37 bits per heavy atom. The summed E-state index contributed by atoms with van der Waals surface area (Å²) in [6.45, 7) is 5.93. The van der Waals surface area contributed by atoms with Crippen LogP contribution < -0.4 is 14.4 Å². The van der Waals surface area contributed by atoms with Crippen molar-refractivity contribution in [3.8, 4) is 11.5 Å². The third kappa shape index (κ3) is 4.93. The fourth-order valence-corrected chi connectivity index (χ4v) is 3.73. The highest BCUT2D eigenvalue weighted by Crippen LogP contribution is 2.44. The number of esters is 1. The average Bonchev–Trinajstić information content (AvgIpc) is 2.69. The molecule has 0 spiro atoms. The molecule has 0 aromatic heterocycles. The number of rotatable bonds is 6. The molecule has 1 heterocycles. The molecule has 0 bridgehead atoms. The van der Waals surface area contributed by atoms with Crippen molar-refractivity contribution in [2.75, 3.05) is 19.1 Å². The second kappa shape index (κ2) is 8.78. The molecule has 30 heavy (non-hydrogen) atoms. The summed E-state index contributed by atoms with van der Waals surface area (Å²) in [6, 6.07) is 13.3. The number of anilines is 1. The van der Waals surface area contributed by atoms with Gasteiger partial charge in [-0.25, -0.2) is 0 Å². The van der Waals surface area contributed by atoms with Crippen LogP contribution in [0, 0.1) is 0 Å². The molecule has 2 aromatic carbocycles. The number of methoxy groups -OCH3 is 2. The van der Waals surface area contributed by atoms with Gasteiger partial charge in [0.25, 0.3) is 0 Å². The number of amides is 1. The standard InChI is InChI=1S/C24H29NO5/c1-24(2,3)30-22(27)14-17-13-21(26)25(15-16-9-11-18(28-4)12-10-16)23-19(17)7-6-8-20(23)29-5/h6-12,17H,13-15H2,1-5H3/t17-/m0/s1. The van der Waals surface area contributed by atoms with E-state index in [0.29, 0.717) is 12.3 Å². The lowest BCUT2D eigenvalue weighted by Crippen LogP contribution is -2.37. The predicted molar refractivity (Wildman–Crippen MR) is 115 cm³/mol. The Hall–Kier alpha value is -3.02. The van der Waals surface area contributed by atoms with E-state index in [4.69, 9.17) is 14.2 Å². The first-order chi connectivity index (χ1) is 14.2. The third-order valence-corrected chi connectivity index (χ3v) is 5.01. The van der Waals surface area contributed by atoms with Gasteiger partial charge in [-0.15, -0.1) is 0 Å². The lowest BCUT2D eigenvalue weighted by molar-refractivity contribution is -0.155. The highest BCUT2D eigenvalue weighted by atomic mass is 16.6. The van der Waals surface area contributed by atoms with E-state index in [1.807, 2.05) is 63.2 Å². The maximum Gasteiger partial charge on any atom is 0.306 e. The summed E-state index contributed by atoms with van der Waals surface area (Å²) in [7, 11) is 3.21. The molecule has 6 heteroatoms. The van der Waals surface area contributed by atoms with Gasteiger partial charge in [-0.05, 0) is 50.1 Å². The zero-order valence-corrected chi connectivity index (χ0v) is 18.2. The van der Waals surface area contributed by atoms with Crippen LogP contribution in [0.25, 0.3) is 0 Å². The van der Waals surface area contributed by atoms with Gasteiger partial charge in [0.05, 0.1) is 32.9 Å². The zero-order valence-electron chi connectivity index (χ0n) is 18.2. The van der Waals surface area contributed by atoms with E-state index in [-0.39, 0.29) is 30.6 Å².